The molecule has 2 rings (SSSR count). The first-order valence-electron chi connectivity index (χ1n) is 6.76. The van der Waals surface area contributed by atoms with Crippen molar-refractivity contribution in [3.63, 3.8) is 0 Å². The van der Waals surface area contributed by atoms with Crippen LogP contribution in [0.25, 0.3) is 0 Å². The molecule has 100 valence electrons. The van der Waals surface area contributed by atoms with E-state index < -0.39 is 0 Å². The molecule has 0 radical (unpaired) electrons. The van der Waals surface area contributed by atoms with Gasteiger partial charge in [-0.2, -0.15) is 0 Å². The Morgan fingerprint density at radius 2 is 2.11 bits per heavy atom. The summed E-state index contributed by atoms with van der Waals surface area (Å²) < 4.78 is 10.9. The molecule has 0 fully saturated rings. The Balaban J connectivity index is 2.19. The molecular formula is C15H23NO2. The first-order valence-corrected chi connectivity index (χ1v) is 6.76. The molecule has 3 heteroatoms. The van der Waals surface area contributed by atoms with Gasteiger partial charge in [-0.25, -0.2) is 0 Å². The second kappa shape index (κ2) is 6.10. The largest absolute Gasteiger partial charge is 0.493 e. The lowest BCUT2D eigenvalue weighted by molar-refractivity contribution is 0.346. The SMILES string of the molecule is CCCN[C@@H]1CCc2c(ccc(OC)c2OC)C1. The minimum atomic E-state index is 0.607. The summed E-state index contributed by atoms with van der Waals surface area (Å²) in [6.07, 6.45) is 4.53. The molecule has 0 heterocycles. The van der Waals surface area contributed by atoms with Gasteiger partial charge in [-0.05, 0) is 43.9 Å². The van der Waals surface area contributed by atoms with E-state index in [2.05, 4.69) is 18.3 Å². The van der Waals surface area contributed by atoms with E-state index in [9.17, 15) is 0 Å². The van der Waals surface area contributed by atoms with Crippen molar-refractivity contribution in [3.05, 3.63) is 23.3 Å². The van der Waals surface area contributed by atoms with Gasteiger partial charge in [0.15, 0.2) is 11.5 Å². The molecular weight excluding hydrogens is 226 g/mol. The lowest BCUT2D eigenvalue weighted by Gasteiger charge is -2.27. The third kappa shape index (κ3) is 2.61. The molecule has 1 aromatic rings. The van der Waals surface area contributed by atoms with Gasteiger partial charge >= 0.3 is 0 Å². The van der Waals surface area contributed by atoms with Crippen molar-refractivity contribution < 1.29 is 9.47 Å². The quantitative estimate of drug-likeness (QED) is 0.870. The lowest BCUT2D eigenvalue weighted by atomic mass is 9.87. The molecule has 0 bridgehead atoms. The summed E-state index contributed by atoms with van der Waals surface area (Å²) in [7, 11) is 3.41. The molecule has 18 heavy (non-hydrogen) atoms. The molecule has 0 spiro atoms. The number of rotatable bonds is 5. The summed E-state index contributed by atoms with van der Waals surface area (Å²) in [4.78, 5) is 0. The van der Waals surface area contributed by atoms with Crippen LogP contribution in [0.1, 0.15) is 30.9 Å². The fourth-order valence-electron chi connectivity index (χ4n) is 2.71. The van der Waals surface area contributed by atoms with Gasteiger partial charge in [0.1, 0.15) is 0 Å². The smallest absolute Gasteiger partial charge is 0.164 e. The number of nitrogens with one attached hydrogen (secondary N) is 1. The summed E-state index contributed by atoms with van der Waals surface area (Å²) in [6.45, 7) is 3.31. The van der Waals surface area contributed by atoms with E-state index >= 15 is 0 Å². The predicted molar refractivity (Wildman–Crippen MR) is 73.7 cm³/mol. The highest BCUT2D eigenvalue weighted by Crippen LogP contribution is 2.37. The van der Waals surface area contributed by atoms with Crippen LogP contribution in [0, 0.1) is 0 Å². The molecule has 0 aliphatic heterocycles. The van der Waals surface area contributed by atoms with E-state index in [4.69, 9.17) is 9.47 Å². The van der Waals surface area contributed by atoms with Crippen molar-refractivity contribution in [2.45, 2.75) is 38.6 Å². The fourth-order valence-corrected chi connectivity index (χ4v) is 2.71. The molecule has 0 unspecified atom stereocenters. The van der Waals surface area contributed by atoms with Crippen molar-refractivity contribution in [1.82, 2.24) is 5.32 Å². The monoisotopic (exact) mass is 249 g/mol. The molecule has 1 N–H and O–H groups in total. The van der Waals surface area contributed by atoms with E-state index in [-0.39, 0.29) is 0 Å². The molecule has 0 amide bonds. The lowest BCUT2D eigenvalue weighted by Crippen LogP contribution is -2.35. The second-order valence-corrected chi connectivity index (χ2v) is 4.83. The summed E-state index contributed by atoms with van der Waals surface area (Å²) >= 11 is 0. The summed E-state index contributed by atoms with van der Waals surface area (Å²) in [5.41, 5.74) is 2.72. The van der Waals surface area contributed by atoms with E-state index in [0.29, 0.717) is 6.04 Å². The van der Waals surface area contributed by atoms with Gasteiger partial charge in [-0.1, -0.05) is 13.0 Å². The zero-order valence-electron chi connectivity index (χ0n) is 11.6. The molecule has 1 aliphatic rings. The standard InChI is InChI=1S/C15H23NO2/c1-4-9-16-12-6-7-13-11(10-12)5-8-14(17-2)15(13)18-3/h5,8,12,16H,4,6-7,9-10H2,1-3H3/t12-/m1/s1. The van der Waals surface area contributed by atoms with Gasteiger partial charge in [0.25, 0.3) is 0 Å². The Morgan fingerprint density at radius 3 is 2.78 bits per heavy atom. The number of hydrogen-bond acceptors (Lipinski definition) is 3. The van der Waals surface area contributed by atoms with E-state index in [1.807, 2.05) is 6.07 Å². The number of methoxy groups -OCH3 is 2. The molecule has 0 saturated carbocycles. The maximum atomic E-state index is 5.51. The number of benzene rings is 1. The first-order chi connectivity index (χ1) is 8.80. The maximum absolute atomic E-state index is 5.51. The topological polar surface area (TPSA) is 30.5 Å². The average molecular weight is 249 g/mol. The van der Waals surface area contributed by atoms with Gasteiger partial charge in [0, 0.05) is 11.6 Å². The number of fused-ring (bicyclic) bond motifs is 1. The zero-order valence-corrected chi connectivity index (χ0v) is 11.6. The fraction of sp³-hybridized carbons (Fsp3) is 0.600. The van der Waals surface area contributed by atoms with E-state index in [1.165, 1.54) is 24.0 Å². The van der Waals surface area contributed by atoms with Crippen molar-refractivity contribution in [1.29, 1.82) is 0 Å². The molecule has 3 nitrogen and oxygen atoms in total. The Morgan fingerprint density at radius 1 is 1.28 bits per heavy atom. The number of hydrogen-bond donors (Lipinski definition) is 1. The summed E-state index contributed by atoms with van der Waals surface area (Å²) in [5, 5.41) is 3.61. The van der Waals surface area contributed by atoms with Gasteiger partial charge in [-0.3, -0.25) is 0 Å². The Kier molecular flexibility index (Phi) is 4.48. The van der Waals surface area contributed by atoms with Gasteiger partial charge in [0.2, 0.25) is 0 Å². The van der Waals surface area contributed by atoms with Crippen LogP contribution in [0.15, 0.2) is 12.1 Å². The Bertz CT molecular complexity index is 404. The van der Waals surface area contributed by atoms with Gasteiger partial charge in [-0.15, -0.1) is 0 Å². The highest BCUT2D eigenvalue weighted by Gasteiger charge is 2.22. The maximum Gasteiger partial charge on any atom is 0.164 e. The van der Waals surface area contributed by atoms with Crippen LogP contribution < -0.4 is 14.8 Å². The molecule has 1 aliphatic carbocycles. The zero-order chi connectivity index (χ0) is 13.0. The van der Waals surface area contributed by atoms with Crippen LogP contribution in [-0.4, -0.2) is 26.8 Å². The van der Waals surface area contributed by atoms with Crippen LogP contribution >= 0.6 is 0 Å². The van der Waals surface area contributed by atoms with Crippen LogP contribution in [0.5, 0.6) is 11.5 Å². The minimum absolute atomic E-state index is 0.607. The molecule has 1 atom stereocenters. The van der Waals surface area contributed by atoms with E-state index in [1.54, 1.807) is 14.2 Å². The van der Waals surface area contributed by atoms with Gasteiger partial charge in [0.05, 0.1) is 14.2 Å². The predicted octanol–water partition coefficient (Wildman–Crippen LogP) is 2.56. The van der Waals surface area contributed by atoms with Crippen molar-refractivity contribution in [3.8, 4) is 11.5 Å². The van der Waals surface area contributed by atoms with Crippen molar-refractivity contribution in [2.75, 3.05) is 20.8 Å². The molecule has 0 aromatic heterocycles. The highest BCUT2D eigenvalue weighted by atomic mass is 16.5. The van der Waals surface area contributed by atoms with Crippen LogP contribution in [0.4, 0.5) is 0 Å². The minimum Gasteiger partial charge on any atom is -0.493 e. The Hall–Kier alpha value is -1.22. The molecule has 0 saturated heterocycles. The highest BCUT2D eigenvalue weighted by molar-refractivity contribution is 5.52. The number of ether oxygens (including phenoxy) is 2. The summed E-state index contributed by atoms with van der Waals surface area (Å²) in [5.74, 6) is 1.76. The summed E-state index contributed by atoms with van der Waals surface area (Å²) in [6, 6.07) is 4.80. The van der Waals surface area contributed by atoms with Crippen LogP contribution in [0.2, 0.25) is 0 Å². The van der Waals surface area contributed by atoms with Gasteiger partial charge < -0.3 is 14.8 Å². The van der Waals surface area contributed by atoms with Crippen molar-refractivity contribution >= 4 is 0 Å². The Labute approximate surface area is 109 Å². The van der Waals surface area contributed by atoms with Crippen LogP contribution in [-0.2, 0) is 12.8 Å². The average Bonchev–Trinajstić information content (AvgIpc) is 2.43. The van der Waals surface area contributed by atoms with Crippen LogP contribution in [0.3, 0.4) is 0 Å². The third-order valence-corrected chi connectivity index (χ3v) is 3.64. The van der Waals surface area contributed by atoms with Crippen molar-refractivity contribution in [2.24, 2.45) is 0 Å². The second-order valence-electron chi connectivity index (χ2n) is 4.83. The molecule has 1 aromatic carbocycles. The normalized spacial score (nSPS) is 18.3. The third-order valence-electron chi connectivity index (χ3n) is 3.64. The first kappa shape index (κ1) is 13.2. The van der Waals surface area contributed by atoms with E-state index in [0.717, 1.165) is 30.9 Å².